The van der Waals surface area contributed by atoms with Crippen LogP contribution in [0.25, 0.3) is 0 Å². The summed E-state index contributed by atoms with van der Waals surface area (Å²) in [6, 6.07) is 7.44. The first kappa shape index (κ1) is 19.0. The Morgan fingerprint density at radius 1 is 1.26 bits per heavy atom. The van der Waals surface area contributed by atoms with Crippen molar-refractivity contribution in [1.29, 1.82) is 0 Å². The van der Waals surface area contributed by atoms with Crippen LogP contribution in [0.2, 0.25) is 0 Å². The molecule has 0 aromatic heterocycles. The topological polar surface area (TPSA) is 70.6 Å². The summed E-state index contributed by atoms with van der Waals surface area (Å²) in [6.07, 6.45) is 4.27. The lowest BCUT2D eigenvalue weighted by Gasteiger charge is -2.19. The van der Waals surface area contributed by atoms with Crippen LogP contribution in [0.15, 0.2) is 36.4 Å². The van der Waals surface area contributed by atoms with E-state index in [2.05, 4.69) is 17.6 Å². The summed E-state index contributed by atoms with van der Waals surface area (Å²) < 4.78 is 5.14. The maximum Gasteiger partial charge on any atom is 0.407 e. The van der Waals surface area contributed by atoms with Crippen molar-refractivity contribution in [2.45, 2.75) is 45.8 Å². The van der Waals surface area contributed by atoms with Crippen molar-refractivity contribution in [3.8, 4) is 5.75 Å². The number of alkyl carbamates (subject to hydrolysis) is 1. The third-order valence-electron chi connectivity index (χ3n) is 3.13. The number of rotatable bonds is 7. The first-order chi connectivity index (χ1) is 10.8. The maximum atomic E-state index is 11.5. The minimum atomic E-state index is -0.485. The molecule has 1 rings (SSSR count). The largest absolute Gasteiger partial charge is 0.508 e. The zero-order valence-corrected chi connectivity index (χ0v) is 14.4. The predicted octanol–water partition coefficient (Wildman–Crippen LogP) is 3.51. The highest BCUT2D eigenvalue weighted by Crippen LogP contribution is 2.25. The van der Waals surface area contributed by atoms with Crippen LogP contribution in [0.5, 0.6) is 5.75 Å². The van der Waals surface area contributed by atoms with Gasteiger partial charge in [0.15, 0.2) is 0 Å². The molecule has 0 heterocycles. The van der Waals surface area contributed by atoms with E-state index in [9.17, 15) is 9.90 Å². The number of ether oxygens (including phenoxy) is 1. The summed E-state index contributed by atoms with van der Waals surface area (Å²) >= 11 is 0. The van der Waals surface area contributed by atoms with E-state index in [1.54, 1.807) is 6.07 Å². The average Bonchev–Trinajstić information content (AvgIpc) is 2.46. The number of hydrogen-bond donors (Lipinski definition) is 3. The molecule has 0 saturated carbocycles. The Kier molecular flexibility index (Phi) is 7.62. The van der Waals surface area contributed by atoms with Gasteiger partial charge < -0.3 is 20.5 Å². The lowest BCUT2D eigenvalue weighted by Crippen LogP contribution is -2.32. The number of benzene rings is 1. The smallest absolute Gasteiger partial charge is 0.407 e. The lowest BCUT2D eigenvalue weighted by molar-refractivity contribution is 0.0534. The van der Waals surface area contributed by atoms with Crippen molar-refractivity contribution in [2.75, 3.05) is 13.1 Å². The van der Waals surface area contributed by atoms with Gasteiger partial charge in [-0.1, -0.05) is 37.3 Å². The van der Waals surface area contributed by atoms with Gasteiger partial charge in [-0.2, -0.15) is 0 Å². The molecule has 0 fully saturated rings. The van der Waals surface area contributed by atoms with Crippen molar-refractivity contribution in [3.05, 3.63) is 42.0 Å². The Balaban J connectivity index is 2.32. The number of nitrogens with one attached hydrogen (secondary N) is 2. The molecule has 128 valence electrons. The van der Waals surface area contributed by atoms with Crippen molar-refractivity contribution in [3.63, 3.8) is 0 Å². The number of amides is 1. The average molecular weight is 320 g/mol. The highest BCUT2D eigenvalue weighted by atomic mass is 16.6. The molecule has 0 bridgehead atoms. The fraction of sp³-hybridized carbons (Fsp3) is 0.500. The lowest BCUT2D eigenvalue weighted by atomic mass is 10.0. The Bertz CT molecular complexity index is 521. The minimum Gasteiger partial charge on any atom is -0.508 e. The SMILES string of the molecule is CCC(NC/C=C/CNC(=O)OC(C)(C)C)c1ccccc1O. The van der Waals surface area contributed by atoms with Gasteiger partial charge in [0.25, 0.3) is 0 Å². The first-order valence-electron chi connectivity index (χ1n) is 7.96. The van der Waals surface area contributed by atoms with E-state index < -0.39 is 11.7 Å². The van der Waals surface area contributed by atoms with Crippen LogP contribution >= 0.6 is 0 Å². The molecule has 1 unspecified atom stereocenters. The normalized spacial score (nSPS) is 13.0. The summed E-state index contributed by atoms with van der Waals surface area (Å²) in [5, 5.41) is 15.9. The molecule has 1 amide bonds. The molecule has 3 N–H and O–H groups in total. The summed E-state index contributed by atoms with van der Waals surface area (Å²) in [7, 11) is 0. The zero-order valence-electron chi connectivity index (χ0n) is 14.4. The van der Waals surface area contributed by atoms with E-state index in [0.717, 1.165) is 12.0 Å². The van der Waals surface area contributed by atoms with E-state index in [0.29, 0.717) is 18.8 Å². The molecule has 0 radical (unpaired) electrons. The van der Waals surface area contributed by atoms with E-state index in [-0.39, 0.29) is 6.04 Å². The van der Waals surface area contributed by atoms with Crippen LogP contribution in [0.3, 0.4) is 0 Å². The maximum absolute atomic E-state index is 11.5. The third-order valence-corrected chi connectivity index (χ3v) is 3.13. The van der Waals surface area contributed by atoms with Crippen molar-refractivity contribution in [1.82, 2.24) is 10.6 Å². The van der Waals surface area contributed by atoms with E-state index in [1.807, 2.05) is 51.1 Å². The fourth-order valence-corrected chi connectivity index (χ4v) is 2.09. The molecular weight excluding hydrogens is 292 g/mol. The third kappa shape index (κ3) is 7.70. The monoisotopic (exact) mass is 320 g/mol. The standard InChI is InChI=1S/C18H28N2O3/c1-5-15(14-10-6-7-11-16(14)21)19-12-8-9-13-20-17(22)23-18(2,3)4/h6-11,15,19,21H,5,12-13H2,1-4H3,(H,20,22)/b9-8+. The number of aromatic hydroxyl groups is 1. The van der Waals surface area contributed by atoms with Gasteiger partial charge in [0.2, 0.25) is 0 Å². The summed E-state index contributed by atoms with van der Waals surface area (Å²) in [4.78, 5) is 11.5. The Labute approximate surface area is 138 Å². The van der Waals surface area contributed by atoms with Crippen LogP contribution in [-0.2, 0) is 4.74 Å². The molecule has 0 aliphatic carbocycles. The molecular formula is C18H28N2O3. The minimum absolute atomic E-state index is 0.0969. The second-order valence-electron chi connectivity index (χ2n) is 6.28. The highest BCUT2D eigenvalue weighted by Gasteiger charge is 2.15. The Morgan fingerprint density at radius 3 is 2.52 bits per heavy atom. The van der Waals surface area contributed by atoms with Gasteiger partial charge in [-0.3, -0.25) is 0 Å². The van der Waals surface area contributed by atoms with Gasteiger partial charge in [0.05, 0.1) is 0 Å². The van der Waals surface area contributed by atoms with Gasteiger partial charge in [0, 0.05) is 24.7 Å². The molecule has 0 spiro atoms. The summed E-state index contributed by atoms with van der Waals surface area (Å²) in [6.45, 7) is 8.63. The number of phenolic OH excluding ortho intramolecular Hbond substituents is 1. The van der Waals surface area contributed by atoms with Crippen LogP contribution in [0.1, 0.15) is 45.7 Å². The molecule has 5 nitrogen and oxygen atoms in total. The second-order valence-corrected chi connectivity index (χ2v) is 6.28. The van der Waals surface area contributed by atoms with Gasteiger partial charge in [0.1, 0.15) is 11.4 Å². The number of para-hydroxylation sites is 1. The quantitative estimate of drug-likeness (QED) is 0.672. The molecule has 0 aliphatic heterocycles. The van der Waals surface area contributed by atoms with Crippen LogP contribution in [0.4, 0.5) is 4.79 Å². The molecule has 1 aromatic carbocycles. The molecule has 23 heavy (non-hydrogen) atoms. The molecule has 5 heteroatoms. The Morgan fingerprint density at radius 2 is 1.91 bits per heavy atom. The van der Waals surface area contributed by atoms with Crippen molar-refractivity contribution >= 4 is 6.09 Å². The number of phenols is 1. The predicted molar refractivity (Wildman–Crippen MR) is 92.5 cm³/mol. The van der Waals surface area contributed by atoms with E-state index in [4.69, 9.17) is 4.74 Å². The fourth-order valence-electron chi connectivity index (χ4n) is 2.09. The van der Waals surface area contributed by atoms with Crippen molar-refractivity contribution < 1.29 is 14.6 Å². The van der Waals surface area contributed by atoms with Gasteiger partial charge >= 0.3 is 6.09 Å². The summed E-state index contributed by atoms with van der Waals surface area (Å²) in [5.41, 5.74) is 0.414. The zero-order chi connectivity index (χ0) is 17.3. The highest BCUT2D eigenvalue weighted by molar-refractivity contribution is 5.67. The van der Waals surface area contributed by atoms with E-state index in [1.165, 1.54) is 0 Å². The second kappa shape index (κ2) is 9.20. The number of hydrogen-bond acceptors (Lipinski definition) is 4. The van der Waals surface area contributed by atoms with Gasteiger partial charge in [-0.25, -0.2) is 4.79 Å². The van der Waals surface area contributed by atoms with E-state index >= 15 is 0 Å². The van der Waals surface area contributed by atoms with Crippen LogP contribution < -0.4 is 10.6 Å². The van der Waals surface area contributed by atoms with Crippen molar-refractivity contribution in [2.24, 2.45) is 0 Å². The molecule has 0 saturated heterocycles. The van der Waals surface area contributed by atoms with Gasteiger partial charge in [-0.05, 0) is 33.3 Å². The summed E-state index contributed by atoms with van der Waals surface area (Å²) in [5.74, 6) is 0.308. The van der Waals surface area contributed by atoms with Gasteiger partial charge in [-0.15, -0.1) is 0 Å². The molecule has 0 aliphatic rings. The van der Waals surface area contributed by atoms with Crippen LogP contribution in [-0.4, -0.2) is 29.9 Å². The first-order valence-corrected chi connectivity index (χ1v) is 7.96. The molecule has 1 aromatic rings. The number of carbonyl (C=O) groups is 1. The Hall–Kier alpha value is -2.01. The molecule has 1 atom stereocenters. The van der Waals surface area contributed by atoms with Crippen LogP contribution in [0, 0.1) is 0 Å². The number of carbonyl (C=O) groups excluding carboxylic acids is 1.